The van der Waals surface area contributed by atoms with Gasteiger partial charge in [-0.05, 0) is 31.0 Å². The Balaban J connectivity index is 2.39. The van der Waals surface area contributed by atoms with E-state index in [1.807, 2.05) is 32.0 Å². The zero-order valence-corrected chi connectivity index (χ0v) is 10.5. The lowest BCUT2D eigenvalue weighted by molar-refractivity contribution is -0.122. The molecule has 0 heterocycles. The molecule has 4 nitrogen and oxygen atoms in total. The molecular weight excluding hydrogens is 216 g/mol. The highest BCUT2D eigenvalue weighted by atomic mass is 16.5. The fourth-order valence-corrected chi connectivity index (χ4v) is 1.49. The van der Waals surface area contributed by atoms with E-state index < -0.39 is 0 Å². The third kappa shape index (κ3) is 4.44. The quantitative estimate of drug-likeness (QED) is 0.582. The minimum atomic E-state index is 0.000254. The van der Waals surface area contributed by atoms with E-state index in [0.29, 0.717) is 26.2 Å². The van der Waals surface area contributed by atoms with E-state index in [1.54, 1.807) is 0 Å². The van der Waals surface area contributed by atoms with Crippen LogP contribution in [0.4, 0.5) is 5.69 Å². The molecule has 0 fully saturated rings. The molecule has 0 bridgehead atoms. The predicted molar refractivity (Wildman–Crippen MR) is 68.5 cm³/mol. The fraction of sp³-hybridized carbons (Fsp3) is 0.462. The molecule has 0 aliphatic carbocycles. The van der Waals surface area contributed by atoms with Crippen LogP contribution in [-0.2, 0) is 16.1 Å². The maximum absolute atomic E-state index is 11.5. The number of ether oxygens (including phenoxy) is 1. The van der Waals surface area contributed by atoms with Crippen LogP contribution in [0.1, 0.15) is 24.5 Å². The number of hydrogen-bond acceptors (Lipinski definition) is 3. The molecule has 1 rings (SSSR count). The van der Waals surface area contributed by atoms with Crippen molar-refractivity contribution < 1.29 is 9.53 Å². The van der Waals surface area contributed by atoms with Gasteiger partial charge in [0.05, 0.1) is 6.61 Å². The number of nitrogens with one attached hydrogen (secondary N) is 1. The van der Waals surface area contributed by atoms with Gasteiger partial charge in [-0.3, -0.25) is 4.79 Å². The standard InChI is InChI=1S/C13H20N2O2/c1-3-17-8-7-13(16)15-9-11-5-4-6-12(14)10(11)2/h4-6H,3,7-9,14H2,1-2H3,(H,15,16). The molecule has 0 spiro atoms. The summed E-state index contributed by atoms with van der Waals surface area (Å²) in [6.45, 7) is 5.49. The summed E-state index contributed by atoms with van der Waals surface area (Å²) < 4.78 is 5.12. The molecule has 0 aliphatic rings. The van der Waals surface area contributed by atoms with Crippen molar-refractivity contribution in [3.05, 3.63) is 29.3 Å². The van der Waals surface area contributed by atoms with Crippen LogP contribution in [0.25, 0.3) is 0 Å². The maximum atomic E-state index is 11.5. The lowest BCUT2D eigenvalue weighted by Gasteiger charge is -2.09. The number of carbonyl (C=O) groups excluding carboxylic acids is 1. The molecule has 17 heavy (non-hydrogen) atoms. The van der Waals surface area contributed by atoms with Gasteiger partial charge in [-0.25, -0.2) is 0 Å². The second-order valence-corrected chi connectivity index (χ2v) is 3.86. The van der Waals surface area contributed by atoms with Gasteiger partial charge in [0.15, 0.2) is 0 Å². The van der Waals surface area contributed by atoms with E-state index in [9.17, 15) is 4.79 Å². The summed E-state index contributed by atoms with van der Waals surface area (Å²) in [7, 11) is 0. The second-order valence-electron chi connectivity index (χ2n) is 3.86. The molecule has 0 unspecified atom stereocenters. The van der Waals surface area contributed by atoms with Crippen LogP contribution in [0.3, 0.4) is 0 Å². The zero-order chi connectivity index (χ0) is 12.7. The van der Waals surface area contributed by atoms with Crippen molar-refractivity contribution in [1.29, 1.82) is 0 Å². The first-order chi connectivity index (χ1) is 8.15. The predicted octanol–water partition coefficient (Wildman–Crippen LogP) is 1.62. The van der Waals surface area contributed by atoms with E-state index in [-0.39, 0.29) is 5.91 Å². The van der Waals surface area contributed by atoms with Crippen LogP contribution in [0, 0.1) is 6.92 Å². The number of rotatable bonds is 6. The number of nitrogens with two attached hydrogens (primary N) is 1. The average molecular weight is 236 g/mol. The van der Waals surface area contributed by atoms with Crippen molar-refractivity contribution in [2.24, 2.45) is 0 Å². The van der Waals surface area contributed by atoms with Gasteiger partial charge in [-0.2, -0.15) is 0 Å². The normalized spacial score (nSPS) is 10.2. The summed E-state index contributed by atoms with van der Waals surface area (Å²) >= 11 is 0. The molecule has 1 aromatic carbocycles. The Morgan fingerprint density at radius 2 is 2.24 bits per heavy atom. The van der Waals surface area contributed by atoms with Crippen molar-refractivity contribution in [2.45, 2.75) is 26.8 Å². The van der Waals surface area contributed by atoms with E-state index >= 15 is 0 Å². The molecular formula is C13H20N2O2. The van der Waals surface area contributed by atoms with Crippen molar-refractivity contribution >= 4 is 11.6 Å². The summed E-state index contributed by atoms with van der Waals surface area (Å²) in [6, 6.07) is 5.72. The summed E-state index contributed by atoms with van der Waals surface area (Å²) in [5.74, 6) is 0.000254. The molecule has 1 aromatic rings. The van der Waals surface area contributed by atoms with Crippen LogP contribution in [-0.4, -0.2) is 19.1 Å². The van der Waals surface area contributed by atoms with Crippen LogP contribution < -0.4 is 11.1 Å². The van der Waals surface area contributed by atoms with Gasteiger partial charge in [-0.15, -0.1) is 0 Å². The molecule has 0 radical (unpaired) electrons. The molecule has 0 aliphatic heterocycles. The average Bonchev–Trinajstić information content (AvgIpc) is 2.31. The lowest BCUT2D eigenvalue weighted by atomic mass is 10.1. The van der Waals surface area contributed by atoms with Crippen molar-refractivity contribution in [1.82, 2.24) is 5.32 Å². The fourth-order valence-electron chi connectivity index (χ4n) is 1.49. The zero-order valence-electron chi connectivity index (χ0n) is 10.5. The summed E-state index contributed by atoms with van der Waals surface area (Å²) in [5, 5.41) is 2.85. The number of anilines is 1. The van der Waals surface area contributed by atoms with Crippen molar-refractivity contribution in [3.8, 4) is 0 Å². The Morgan fingerprint density at radius 1 is 1.47 bits per heavy atom. The van der Waals surface area contributed by atoms with Gasteiger partial charge in [0.2, 0.25) is 5.91 Å². The molecule has 0 aromatic heterocycles. The highest BCUT2D eigenvalue weighted by Crippen LogP contribution is 2.14. The summed E-state index contributed by atoms with van der Waals surface area (Å²) in [5.41, 5.74) is 8.62. The lowest BCUT2D eigenvalue weighted by Crippen LogP contribution is -2.24. The van der Waals surface area contributed by atoms with Crippen LogP contribution in [0.15, 0.2) is 18.2 Å². The third-order valence-corrected chi connectivity index (χ3v) is 2.64. The Kier molecular flexibility index (Phi) is 5.49. The SMILES string of the molecule is CCOCCC(=O)NCc1cccc(N)c1C. The van der Waals surface area contributed by atoms with E-state index in [1.165, 1.54) is 0 Å². The van der Waals surface area contributed by atoms with Crippen LogP contribution in [0.5, 0.6) is 0 Å². The Labute approximate surface area is 102 Å². The number of carbonyl (C=O) groups is 1. The van der Waals surface area contributed by atoms with Gasteiger partial charge in [-0.1, -0.05) is 12.1 Å². The number of nitrogen functional groups attached to an aromatic ring is 1. The topological polar surface area (TPSA) is 64.3 Å². The van der Waals surface area contributed by atoms with Gasteiger partial charge < -0.3 is 15.8 Å². The van der Waals surface area contributed by atoms with Gasteiger partial charge >= 0.3 is 0 Å². The number of hydrogen-bond donors (Lipinski definition) is 2. The molecule has 1 amide bonds. The highest BCUT2D eigenvalue weighted by molar-refractivity contribution is 5.76. The monoisotopic (exact) mass is 236 g/mol. The number of amides is 1. The summed E-state index contributed by atoms with van der Waals surface area (Å²) in [6.07, 6.45) is 0.398. The molecule has 0 atom stereocenters. The Hall–Kier alpha value is -1.55. The summed E-state index contributed by atoms with van der Waals surface area (Å²) in [4.78, 5) is 11.5. The maximum Gasteiger partial charge on any atom is 0.222 e. The van der Waals surface area contributed by atoms with Gasteiger partial charge in [0.25, 0.3) is 0 Å². The molecule has 4 heteroatoms. The molecule has 3 N–H and O–H groups in total. The van der Waals surface area contributed by atoms with E-state index in [4.69, 9.17) is 10.5 Å². The first-order valence-electron chi connectivity index (χ1n) is 5.83. The second kappa shape index (κ2) is 6.91. The van der Waals surface area contributed by atoms with Gasteiger partial charge in [0, 0.05) is 25.3 Å². The van der Waals surface area contributed by atoms with Crippen molar-refractivity contribution in [3.63, 3.8) is 0 Å². The Morgan fingerprint density at radius 3 is 2.94 bits per heavy atom. The third-order valence-electron chi connectivity index (χ3n) is 2.64. The van der Waals surface area contributed by atoms with Gasteiger partial charge in [0.1, 0.15) is 0 Å². The molecule has 0 saturated carbocycles. The molecule has 0 saturated heterocycles. The van der Waals surface area contributed by atoms with Crippen LogP contribution >= 0.6 is 0 Å². The minimum absolute atomic E-state index is 0.000254. The molecule has 94 valence electrons. The van der Waals surface area contributed by atoms with Crippen LogP contribution in [0.2, 0.25) is 0 Å². The van der Waals surface area contributed by atoms with E-state index in [0.717, 1.165) is 16.8 Å². The largest absolute Gasteiger partial charge is 0.399 e. The van der Waals surface area contributed by atoms with E-state index in [2.05, 4.69) is 5.32 Å². The Bertz CT molecular complexity index is 378. The highest BCUT2D eigenvalue weighted by Gasteiger charge is 2.04. The minimum Gasteiger partial charge on any atom is -0.399 e. The number of benzene rings is 1. The smallest absolute Gasteiger partial charge is 0.222 e. The first kappa shape index (κ1) is 13.5. The van der Waals surface area contributed by atoms with Crippen molar-refractivity contribution in [2.75, 3.05) is 18.9 Å². The first-order valence-corrected chi connectivity index (χ1v) is 5.83.